The van der Waals surface area contributed by atoms with Crippen molar-refractivity contribution in [1.29, 1.82) is 0 Å². The van der Waals surface area contributed by atoms with Crippen molar-refractivity contribution in [3.8, 4) is 0 Å². The van der Waals surface area contributed by atoms with E-state index in [0.29, 0.717) is 45.7 Å². The average molecular weight is 905 g/mol. The van der Waals surface area contributed by atoms with E-state index in [-0.39, 0.29) is 17.7 Å². The molecule has 0 spiro atoms. The lowest BCUT2D eigenvalue weighted by molar-refractivity contribution is -0.142. The van der Waals surface area contributed by atoms with Gasteiger partial charge in [-0.3, -0.25) is 24.2 Å². The SMILES string of the molecule is CCCCCCCCCN(CCCCCCCCC)CCN(CCCCCCCCC)CC(=O)N1CCN(C(=O)CN(CCCCCCCCC)CCCCC(CCC)C(=O)O)CC1. The smallest absolute Gasteiger partial charge is 0.306 e. The van der Waals surface area contributed by atoms with Gasteiger partial charge in [-0.05, 0) is 77.7 Å². The molecule has 0 bridgehead atoms. The summed E-state index contributed by atoms with van der Waals surface area (Å²) < 4.78 is 0. The molecule has 378 valence electrons. The van der Waals surface area contributed by atoms with Crippen LogP contribution in [0.4, 0.5) is 0 Å². The van der Waals surface area contributed by atoms with Crippen LogP contribution in [0.3, 0.4) is 0 Å². The monoisotopic (exact) mass is 904 g/mol. The van der Waals surface area contributed by atoms with E-state index >= 15 is 0 Å². The number of unbranched alkanes of at least 4 members (excludes halogenated alkanes) is 25. The van der Waals surface area contributed by atoms with Crippen LogP contribution < -0.4 is 0 Å². The molecule has 0 aromatic rings. The maximum absolute atomic E-state index is 14.0. The highest BCUT2D eigenvalue weighted by Crippen LogP contribution is 2.17. The van der Waals surface area contributed by atoms with Crippen LogP contribution in [0.15, 0.2) is 0 Å². The summed E-state index contributed by atoms with van der Waals surface area (Å²) in [5.41, 5.74) is 0. The fraction of sp³-hybridized carbons (Fsp3) is 0.945. The van der Waals surface area contributed by atoms with E-state index in [1.165, 1.54) is 180 Å². The van der Waals surface area contributed by atoms with Gasteiger partial charge in [-0.15, -0.1) is 0 Å². The molecule has 1 rings (SSSR count). The Hall–Kier alpha value is -1.71. The summed E-state index contributed by atoms with van der Waals surface area (Å²) >= 11 is 0. The second-order valence-electron chi connectivity index (χ2n) is 20.0. The topological polar surface area (TPSA) is 87.6 Å². The zero-order valence-electron chi connectivity index (χ0n) is 43.5. The third-order valence-electron chi connectivity index (χ3n) is 14.0. The minimum absolute atomic E-state index is 0.173. The predicted octanol–water partition coefficient (Wildman–Crippen LogP) is 13.2. The second kappa shape index (κ2) is 43.8. The Bertz CT molecular complexity index is 1050. The molecule has 1 aliphatic heterocycles. The number of rotatable bonds is 47. The number of hydrogen-bond donors (Lipinski definition) is 1. The molecule has 1 atom stereocenters. The fourth-order valence-corrected chi connectivity index (χ4v) is 9.58. The van der Waals surface area contributed by atoms with Crippen LogP contribution in [0, 0.1) is 5.92 Å². The number of nitrogens with zero attached hydrogens (tertiary/aromatic N) is 5. The molecule has 1 saturated heterocycles. The lowest BCUT2D eigenvalue weighted by atomic mass is 9.97. The molecule has 0 aromatic heterocycles. The highest BCUT2D eigenvalue weighted by atomic mass is 16.4. The first-order valence-electron chi connectivity index (χ1n) is 28.2. The number of carbonyl (C=O) groups is 3. The van der Waals surface area contributed by atoms with Crippen molar-refractivity contribution in [3.63, 3.8) is 0 Å². The van der Waals surface area contributed by atoms with Gasteiger partial charge in [0.2, 0.25) is 11.8 Å². The van der Waals surface area contributed by atoms with Crippen LogP contribution in [0.1, 0.15) is 247 Å². The summed E-state index contributed by atoms with van der Waals surface area (Å²) in [4.78, 5) is 51.0. The summed E-state index contributed by atoms with van der Waals surface area (Å²) in [6.45, 7) is 21.6. The van der Waals surface area contributed by atoms with Gasteiger partial charge in [0.1, 0.15) is 0 Å². The Labute approximate surface area is 398 Å². The van der Waals surface area contributed by atoms with Gasteiger partial charge in [0.05, 0.1) is 19.0 Å². The summed E-state index contributed by atoms with van der Waals surface area (Å²) in [6, 6.07) is 0. The van der Waals surface area contributed by atoms with Crippen molar-refractivity contribution >= 4 is 17.8 Å². The van der Waals surface area contributed by atoms with Gasteiger partial charge in [0.25, 0.3) is 0 Å². The van der Waals surface area contributed by atoms with Gasteiger partial charge in [0, 0.05) is 39.3 Å². The number of carboxylic acid groups (broad SMARTS) is 1. The van der Waals surface area contributed by atoms with Gasteiger partial charge in [-0.1, -0.05) is 202 Å². The van der Waals surface area contributed by atoms with Crippen molar-refractivity contribution in [3.05, 3.63) is 0 Å². The van der Waals surface area contributed by atoms with Gasteiger partial charge in [0.15, 0.2) is 0 Å². The Morgan fingerprint density at radius 3 is 0.969 bits per heavy atom. The molecule has 1 fully saturated rings. The molecular weight excluding hydrogens is 795 g/mol. The van der Waals surface area contributed by atoms with E-state index in [1.807, 2.05) is 9.80 Å². The molecular formula is C55H109N5O4. The third-order valence-corrected chi connectivity index (χ3v) is 14.0. The van der Waals surface area contributed by atoms with Gasteiger partial charge >= 0.3 is 5.97 Å². The van der Waals surface area contributed by atoms with Gasteiger partial charge in [-0.2, -0.15) is 0 Å². The number of carbonyl (C=O) groups excluding carboxylic acids is 2. The van der Waals surface area contributed by atoms with Gasteiger partial charge in [-0.25, -0.2) is 0 Å². The van der Waals surface area contributed by atoms with Crippen LogP contribution in [-0.4, -0.2) is 132 Å². The first-order valence-corrected chi connectivity index (χ1v) is 28.2. The first kappa shape index (κ1) is 60.3. The summed E-state index contributed by atoms with van der Waals surface area (Å²) in [5.74, 6) is -0.537. The largest absolute Gasteiger partial charge is 0.481 e. The van der Waals surface area contributed by atoms with Crippen molar-refractivity contribution < 1.29 is 19.5 Å². The third kappa shape index (κ3) is 33.7. The van der Waals surface area contributed by atoms with Crippen molar-refractivity contribution in [2.24, 2.45) is 5.92 Å². The number of piperazine rings is 1. The number of carboxylic acids is 1. The highest BCUT2D eigenvalue weighted by molar-refractivity contribution is 5.80. The molecule has 9 heteroatoms. The van der Waals surface area contributed by atoms with Crippen LogP contribution >= 0.6 is 0 Å². The average Bonchev–Trinajstić information content (AvgIpc) is 3.29. The van der Waals surface area contributed by atoms with E-state index in [9.17, 15) is 19.5 Å². The van der Waals surface area contributed by atoms with Crippen molar-refractivity contribution in [2.45, 2.75) is 247 Å². The normalized spacial score (nSPS) is 13.8. The molecule has 0 aromatic carbocycles. The molecule has 1 heterocycles. The molecule has 1 aliphatic rings. The van der Waals surface area contributed by atoms with E-state index in [2.05, 4.69) is 49.3 Å². The maximum Gasteiger partial charge on any atom is 0.306 e. The molecule has 9 nitrogen and oxygen atoms in total. The van der Waals surface area contributed by atoms with Gasteiger partial charge < -0.3 is 19.8 Å². The van der Waals surface area contributed by atoms with Crippen molar-refractivity contribution in [2.75, 3.05) is 85.1 Å². The predicted molar refractivity (Wildman–Crippen MR) is 274 cm³/mol. The summed E-state index contributed by atoms with van der Waals surface area (Å²) in [6.07, 6.45) is 40.6. The highest BCUT2D eigenvalue weighted by Gasteiger charge is 2.26. The number of hydrogen-bond acceptors (Lipinski definition) is 6. The summed E-state index contributed by atoms with van der Waals surface area (Å²) in [7, 11) is 0. The second-order valence-corrected chi connectivity index (χ2v) is 20.0. The molecule has 0 saturated carbocycles. The van der Waals surface area contributed by atoms with Crippen LogP contribution in [0.25, 0.3) is 0 Å². The Balaban J connectivity index is 2.82. The Kier molecular flexibility index (Phi) is 41.3. The minimum atomic E-state index is -0.676. The maximum atomic E-state index is 14.0. The van der Waals surface area contributed by atoms with Crippen LogP contribution in [0.2, 0.25) is 0 Å². The zero-order chi connectivity index (χ0) is 46.7. The van der Waals surface area contributed by atoms with E-state index in [1.54, 1.807) is 0 Å². The minimum Gasteiger partial charge on any atom is -0.481 e. The molecule has 0 radical (unpaired) electrons. The quantitative estimate of drug-likeness (QED) is 0.0609. The lowest BCUT2D eigenvalue weighted by Crippen LogP contribution is -2.54. The standard InChI is InChI=1S/C55H109N5O4/c1-6-11-15-19-23-27-32-39-56(40-33-28-24-20-16-12-7-2)44-45-58(42-35-30-26-22-18-14-9-4)51-54(62)60-48-46-59(47-49-60)53(61)50-57(41-34-29-25-21-17-13-8-3)43-36-31-38-52(37-10-5)55(63)64/h52H,6-51H2,1-5H3,(H,63,64). The first-order chi connectivity index (χ1) is 31.3. The van der Waals surface area contributed by atoms with Crippen LogP contribution in [-0.2, 0) is 14.4 Å². The molecule has 1 N–H and O–H groups in total. The van der Waals surface area contributed by atoms with E-state index in [0.717, 1.165) is 71.2 Å². The molecule has 64 heavy (non-hydrogen) atoms. The van der Waals surface area contributed by atoms with E-state index in [4.69, 9.17) is 0 Å². The summed E-state index contributed by atoms with van der Waals surface area (Å²) in [5, 5.41) is 9.64. The zero-order valence-corrected chi connectivity index (χ0v) is 43.5. The molecule has 2 amide bonds. The van der Waals surface area contributed by atoms with E-state index < -0.39 is 5.97 Å². The number of amides is 2. The van der Waals surface area contributed by atoms with Crippen LogP contribution in [0.5, 0.6) is 0 Å². The molecule has 1 unspecified atom stereocenters. The number of aliphatic carboxylic acids is 1. The van der Waals surface area contributed by atoms with Crippen molar-refractivity contribution in [1.82, 2.24) is 24.5 Å². The Morgan fingerprint density at radius 1 is 0.359 bits per heavy atom. The fourth-order valence-electron chi connectivity index (χ4n) is 9.58. The molecule has 0 aliphatic carbocycles. The lowest BCUT2D eigenvalue weighted by Gasteiger charge is -2.37. The Morgan fingerprint density at radius 2 is 0.641 bits per heavy atom.